The van der Waals surface area contributed by atoms with E-state index in [1.165, 1.54) is 51.4 Å². The van der Waals surface area contributed by atoms with Crippen LogP contribution in [0.5, 0.6) is 0 Å². The van der Waals surface area contributed by atoms with Gasteiger partial charge in [0.2, 0.25) is 0 Å². The lowest BCUT2D eigenvalue weighted by molar-refractivity contribution is -0.144. The second-order valence-corrected chi connectivity index (χ2v) is 6.49. The molecule has 4 nitrogen and oxygen atoms in total. The number of carboxylic acids is 1. The van der Waals surface area contributed by atoms with Crippen LogP contribution in [0, 0.1) is 0 Å². The van der Waals surface area contributed by atoms with E-state index in [1.807, 2.05) is 0 Å². The molecule has 0 spiro atoms. The maximum absolute atomic E-state index is 11.7. The number of carboxylic acid groups (broad SMARTS) is 1. The number of esters is 1. The van der Waals surface area contributed by atoms with E-state index in [1.54, 1.807) is 0 Å². The minimum atomic E-state index is -1.13. The third-order valence-corrected chi connectivity index (χ3v) is 4.15. The quantitative estimate of drug-likeness (QED) is 0.224. The molecule has 24 heavy (non-hydrogen) atoms. The molecule has 0 aliphatic heterocycles. The molecule has 0 aromatic rings. The Hall–Kier alpha value is -1.32. The topological polar surface area (TPSA) is 63.6 Å². The molecular weight excluding hydrogens is 304 g/mol. The van der Waals surface area contributed by atoms with Gasteiger partial charge in [0, 0.05) is 12.2 Å². The molecule has 1 atom stereocenters. The third-order valence-electron chi connectivity index (χ3n) is 4.15. The van der Waals surface area contributed by atoms with Crippen molar-refractivity contribution in [1.29, 1.82) is 0 Å². The molecule has 0 saturated carbocycles. The Kier molecular flexibility index (Phi) is 15.6. The van der Waals surface area contributed by atoms with E-state index in [0.717, 1.165) is 44.3 Å². The zero-order valence-corrected chi connectivity index (χ0v) is 15.6. The van der Waals surface area contributed by atoms with Gasteiger partial charge in [-0.1, -0.05) is 71.6 Å². The number of unbranched alkanes of at least 4 members (excludes halogenated alkanes) is 9. The van der Waals surface area contributed by atoms with Crippen LogP contribution in [0.15, 0.2) is 12.2 Å². The second-order valence-electron chi connectivity index (χ2n) is 6.49. The molecule has 0 rings (SSSR count). The van der Waals surface area contributed by atoms with Gasteiger partial charge in [-0.3, -0.25) is 0 Å². The van der Waals surface area contributed by atoms with Crippen molar-refractivity contribution in [2.24, 2.45) is 0 Å². The Morgan fingerprint density at radius 2 is 1.25 bits per heavy atom. The summed E-state index contributed by atoms with van der Waals surface area (Å²) in [5.41, 5.74) is 0. The first kappa shape index (κ1) is 22.7. The summed E-state index contributed by atoms with van der Waals surface area (Å²) in [7, 11) is 0. The van der Waals surface area contributed by atoms with Crippen LogP contribution in [-0.2, 0) is 14.3 Å². The van der Waals surface area contributed by atoms with E-state index in [2.05, 4.69) is 13.8 Å². The molecule has 0 heterocycles. The molecular formula is C20H36O4. The van der Waals surface area contributed by atoms with Crippen molar-refractivity contribution < 1.29 is 19.4 Å². The highest BCUT2D eigenvalue weighted by Crippen LogP contribution is 2.16. The van der Waals surface area contributed by atoms with Gasteiger partial charge in [-0.2, -0.15) is 0 Å². The van der Waals surface area contributed by atoms with Crippen LogP contribution in [0.1, 0.15) is 97.3 Å². The number of rotatable bonds is 16. The van der Waals surface area contributed by atoms with Crippen molar-refractivity contribution in [3.8, 4) is 0 Å². The van der Waals surface area contributed by atoms with Crippen molar-refractivity contribution in [2.75, 3.05) is 0 Å². The molecule has 0 bridgehead atoms. The molecule has 0 aliphatic carbocycles. The normalized spacial score (nSPS) is 12.4. The van der Waals surface area contributed by atoms with Gasteiger partial charge in [0.25, 0.3) is 0 Å². The highest BCUT2D eigenvalue weighted by molar-refractivity contribution is 5.90. The fourth-order valence-corrected chi connectivity index (χ4v) is 2.73. The Morgan fingerprint density at radius 1 is 0.792 bits per heavy atom. The van der Waals surface area contributed by atoms with Gasteiger partial charge in [0.1, 0.15) is 6.10 Å². The van der Waals surface area contributed by atoms with Crippen molar-refractivity contribution in [2.45, 2.75) is 103 Å². The van der Waals surface area contributed by atoms with Crippen molar-refractivity contribution in [3.05, 3.63) is 12.2 Å². The van der Waals surface area contributed by atoms with Gasteiger partial charge in [0.05, 0.1) is 0 Å². The smallest absolute Gasteiger partial charge is 0.331 e. The molecule has 0 radical (unpaired) electrons. The van der Waals surface area contributed by atoms with Gasteiger partial charge in [-0.15, -0.1) is 0 Å². The van der Waals surface area contributed by atoms with Crippen molar-refractivity contribution in [1.82, 2.24) is 0 Å². The molecule has 0 fully saturated rings. The van der Waals surface area contributed by atoms with Gasteiger partial charge in [-0.05, 0) is 25.7 Å². The lowest BCUT2D eigenvalue weighted by atomic mass is 10.0. The second kappa shape index (κ2) is 16.5. The highest BCUT2D eigenvalue weighted by Gasteiger charge is 2.12. The molecule has 0 saturated heterocycles. The van der Waals surface area contributed by atoms with Gasteiger partial charge in [0.15, 0.2) is 0 Å². The molecule has 0 amide bonds. The fourth-order valence-electron chi connectivity index (χ4n) is 2.73. The standard InChI is InChI=1S/C20H36O4/c1-3-5-7-9-10-11-13-15-18(14-12-8-6-4-2)24-20(23)17-16-19(21)22/h16-18H,3-15H2,1-2H3,(H,21,22). The Balaban J connectivity index is 4.07. The van der Waals surface area contributed by atoms with Crippen molar-refractivity contribution in [3.63, 3.8) is 0 Å². The van der Waals surface area contributed by atoms with Crippen LogP contribution in [-0.4, -0.2) is 23.1 Å². The largest absolute Gasteiger partial charge is 0.478 e. The molecule has 0 aliphatic rings. The van der Waals surface area contributed by atoms with E-state index < -0.39 is 11.9 Å². The Bertz CT molecular complexity index is 350. The van der Waals surface area contributed by atoms with E-state index in [9.17, 15) is 9.59 Å². The molecule has 1 unspecified atom stereocenters. The summed E-state index contributed by atoms with van der Waals surface area (Å²) in [6.07, 6.45) is 16.8. The number of ether oxygens (including phenoxy) is 1. The first-order chi connectivity index (χ1) is 11.6. The fraction of sp³-hybridized carbons (Fsp3) is 0.800. The molecule has 0 aromatic heterocycles. The number of hydrogen-bond acceptors (Lipinski definition) is 3. The van der Waals surface area contributed by atoms with Crippen LogP contribution in [0.2, 0.25) is 0 Å². The molecule has 0 aromatic carbocycles. The van der Waals surface area contributed by atoms with Gasteiger partial charge >= 0.3 is 11.9 Å². The van der Waals surface area contributed by atoms with E-state index in [0.29, 0.717) is 0 Å². The summed E-state index contributed by atoms with van der Waals surface area (Å²) in [6, 6.07) is 0. The zero-order chi connectivity index (χ0) is 18.0. The van der Waals surface area contributed by atoms with E-state index >= 15 is 0 Å². The maximum atomic E-state index is 11.7. The number of hydrogen-bond donors (Lipinski definition) is 1. The monoisotopic (exact) mass is 340 g/mol. The summed E-state index contributed by atoms with van der Waals surface area (Å²) >= 11 is 0. The first-order valence-corrected chi connectivity index (χ1v) is 9.71. The van der Waals surface area contributed by atoms with Crippen molar-refractivity contribution >= 4 is 11.9 Å². The average molecular weight is 341 g/mol. The number of carbonyl (C=O) groups is 2. The van der Waals surface area contributed by atoms with Crippen LogP contribution in [0.25, 0.3) is 0 Å². The summed E-state index contributed by atoms with van der Waals surface area (Å²) in [4.78, 5) is 22.1. The minimum Gasteiger partial charge on any atom is -0.478 e. The van der Waals surface area contributed by atoms with Crippen LogP contribution in [0.3, 0.4) is 0 Å². The van der Waals surface area contributed by atoms with Crippen LogP contribution in [0.4, 0.5) is 0 Å². The molecule has 140 valence electrons. The number of carbonyl (C=O) groups excluding carboxylic acids is 1. The van der Waals surface area contributed by atoms with Crippen LogP contribution < -0.4 is 0 Å². The predicted molar refractivity (Wildman–Crippen MR) is 98.0 cm³/mol. The summed E-state index contributed by atoms with van der Waals surface area (Å²) in [6.45, 7) is 4.39. The SMILES string of the molecule is CCCCCCCCCC(CCCCCC)OC(=O)C=CC(=O)O. The van der Waals surface area contributed by atoms with Crippen LogP contribution >= 0.6 is 0 Å². The van der Waals surface area contributed by atoms with Gasteiger partial charge < -0.3 is 9.84 Å². The summed E-state index contributed by atoms with van der Waals surface area (Å²) in [5, 5.41) is 8.56. The van der Waals surface area contributed by atoms with Gasteiger partial charge in [-0.25, -0.2) is 9.59 Å². The summed E-state index contributed by atoms with van der Waals surface area (Å²) in [5.74, 6) is -1.67. The Morgan fingerprint density at radius 3 is 1.75 bits per heavy atom. The highest BCUT2D eigenvalue weighted by atomic mass is 16.5. The Labute approximate surface area is 147 Å². The number of aliphatic carboxylic acids is 1. The molecule has 4 heteroatoms. The maximum Gasteiger partial charge on any atom is 0.331 e. The van der Waals surface area contributed by atoms with E-state index in [4.69, 9.17) is 9.84 Å². The lowest BCUT2D eigenvalue weighted by Crippen LogP contribution is -2.17. The van der Waals surface area contributed by atoms with E-state index in [-0.39, 0.29) is 6.10 Å². The zero-order valence-electron chi connectivity index (χ0n) is 15.6. The lowest BCUT2D eigenvalue weighted by Gasteiger charge is -2.17. The molecule has 1 N–H and O–H groups in total. The average Bonchev–Trinajstić information content (AvgIpc) is 2.55. The third kappa shape index (κ3) is 15.6. The first-order valence-electron chi connectivity index (χ1n) is 9.71. The minimum absolute atomic E-state index is 0.0801. The summed E-state index contributed by atoms with van der Waals surface area (Å²) < 4.78 is 5.44. The predicted octanol–water partition coefficient (Wildman–Crippen LogP) is 5.65.